The molecule has 0 saturated carbocycles. The number of hydrogen-bond donors (Lipinski definition) is 0. The van der Waals surface area contributed by atoms with Crippen LogP contribution in [-0.4, -0.2) is 41.9 Å². The van der Waals surface area contributed by atoms with Gasteiger partial charge in [-0.25, -0.2) is 4.39 Å². The highest BCUT2D eigenvalue weighted by atomic mass is 32.1. The SMILES string of the molecule is O=C(Cc1cccs1)N1CCCN(Cc2ccccc2F)CC1. The highest BCUT2D eigenvalue weighted by Gasteiger charge is 2.20. The third-order valence-corrected chi connectivity index (χ3v) is 5.07. The van der Waals surface area contributed by atoms with Crippen LogP contribution in [0.15, 0.2) is 41.8 Å². The van der Waals surface area contributed by atoms with Crippen LogP contribution in [0.1, 0.15) is 16.9 Å². The second-order valence-corrected chi connectivity index (χ2v) is 6.89. The minimum Gasteiger partial charge on any atom is -0.341 e. The molecule has 0 unspecified atom stereocenters. The van der Waals surface area contributed by atoms with E-state index in [0.717, 1.165) is 43.0 Å². The lowest BCUT2D eigenvalue weighted by molar-refractivity contribution is -0.130. The van der Waals surface area contributed by atoms with Gasteiger partial charge in [-0.15, -0.1) is 11.3 Å². The molecule has 0 spiro atoms. The summed E-state index contributed by atoms with van der Waals surface area (Å²) < 4.78 is 13.8. The van der Waals surface area contributed by atoms with Gasteiger partial charge < -0.3 is 4.90 Å². The Balaban J connectivity index is 1.54. The van der Waals surface area contributed by atoms with Gasteiger partial charge in [-0.3, -0.25) is 9.69 Å². The van der Waals surface area contributed by atoms with Crippen LogP contribution in [0.5, 0.6) is 0 Å². The van der Waals surface area contributed by atoms with Crippen LogP contribution in [0.3, 0.4) is 0 Å². The summed E-state index contributed by atoms with van der Waals surface area (Å²) in [7, 11) is 0. The van der Waals surface area contributed by atoms with Gasteiger partial charge in [0.15, 0.2) is 0 Å². The maximum atomic E-state index is 13.8. The van der Waals surface area contributed by atoms with E-state index >= 15 is 0 Å². The Kier molecular flexibility index (Phi) is 5.41. The second kappa shape index (κ2) is 7.70. The summed E-state index contributed by atoms with van der Waals surface area (Å²) in [5.41, 5.74) is 0.728. The van der Waals surface area contributed by atoms with Gasteiger partial charge in [-0.1, -0.05) is 24.3 Å². The number of benzene rings is 1. The van der Waals surface area contributed by atoms with Crippen molar-refractivity contribution in [2.24, 2.45) is 0 Å². The molecule has 23 heavy (non-hydrogen) atoms. The molecule has 1 amide bonds. The molecule has 5 heteroatoms. The summed E-state index contributed by atoms with van der Waals surface area (Å²) in [4.78, 5) is 17.7. The zero-order valence-corrected chi connectivity index (χ0v) is 13.9. The summed E-state index contributed by atoms with van der Waals surface area (Å²) in [6.07, 6.45) is 1.43. The standard InChI is InChI=1S/C18H21FN2OS/c19-17-7-2-1-5-15(17)14-20-8-4-9-21(11-10-20)18(22)13-16-6-3-12-23-16/h1-3,5-7,12H,4,8-11,13-14H2. The van der Waals surface area contributed by atoms with Crippen LogP contribution in [-0.2, 0) is 17.8 Å². The summed E-state index contributed by atoms with van der Waals surface area (Å²) >= 11 is 1.62. The van der Waals surface area contributed by atoms with Gasteiger partial charge in [-0.05, 0) is 23.9 Å². The Morgan fingerprint density at radius 1 is 1.09 bits per heavy atom. The molecule has 0 atom stereocenters. The Bertz CT molecular complexity index is 644. The molecule has 0 bridgehead atoms. The van der Waals surface area contributed by atoms with Crippen molar-refractivity contribution < 1.29 is 9.18 Å². The molecule has 0 N–H and O–H groups in total. The van der Waals surface area contributed by atoms with E-state index in [1.807, 2.05) is 34.5 Å². The van der Waals surface area contributed by atoms with E-state index in [-0.39, 0.29) is 11.7 Å². The number of thiophene rings is 1. The number of carbonyl (C=O) groups excluding carboxylic acids is 1. The van der Waals surface area contributed by atoms with E-state index in [1.165, 1.54) is 6.07 Å². The second-order valence-electron chi connectivity index (χ2n) is 5.86. The van der Waals surface area contributed by atoms with E-state index in [1.54, 1.807) is 17.4 Å². The van der Waals surface area contributed by atoms with E-state index in [0.29, 0.717) is 13.0 Å². The largest absolute Gasteiger partial charge is 0.341 e. The van der Waals surface area contributed by atoms with E-state index in [2.05, 4.69) is 4.90 Å². The third-order valence-electron chi connectivity index (χ3n) is 4.20. The maximum absolute atomic E-state index is 13.8. The molecule has 3 nitrogen and oxygen atoms in total. The first-order valence-corrected chi connectivity index (χ1v) is 8.86. The molecular weight excluding hydrogens is 311 g/mol. The number of rotatable bonds is 4. The topological polar surface area (TPSA) is 23.6 Å². The molecule has 1 aliphatic rings. The van der Waals surface area contributed by atoms with Crippen LogP contribution >= 0.6 is 11.3 Å². The molecule has 1 saturated heterocycles. The van der Waals surface area contributed by atoms with Crippen molar-refractivity contribution in [1.82, 2.24) is 9.80 Å². The summed E-state index contributed by atoms with van der Waals surface area (Å²) in [5.74, 6) is 0.0440. The Hall–Kier alpha value is -1.72. The van der Waals surface area contributed by atoms with E-state index < -0.39 is 0 Å². The van der Waals surface area contributed by atoms with Crippen molar-refractivity contribution in [1.29, 1.82) is 0 Å². The Morgan fingerprint density at radius 3 is 2.74 bits per heavy atom. The van der Waals surface area contributed by atoms with Crippen molar-refractivity contribution in [3.05, 3.63) is 58.0 Å². The van der Waals surface area contributed by atoms with Gasteiger partial charge in [0.2, 0.25) is 5.91 Å². The number of carbonyl (C=O) groups is 1. The Morgan fingerprint density at radius 2 is 1.96 bits per heavy atom. The number of hydrogen-bond acceptors (Lipinski definition) is 3. The lowest BCUT2D eigenvalue weighted by Crippen LogP contribution is -2.35. The van der Waals surface area contributed by atoms with Crippen molar-refractivity contribution in [3.63, 3.8) is 0 Å². The maximum Gasteiger partial charge on any atom is 0.227 e. The van der Waals surface area contributed by atoms with E-state index in [9.17, 15) is 9.18 Å². The monoisotopic (exact) mass is 332 g/mol. The average Bonchev–Trinajstić information content (AvgIpc) is 2.94. The van der Waals surface area contributed by atoms with Crippen molar-refractivity contribution in [2.75, 3.05) is 26.2 Å². The first-order valence-electron chi connectivity index (χ1n) is 7.98. The van der Waals surface area contributed by atoms with Gasteiger partial charge in [0.05, 0.1) is 6.42 Å². The third kappa shape index (κ3) is 4.39. The van der Waals surface area contributed by atoms with Crippen LogP contribution in [0.4, 0.5) is 4.39 Å². The zero-order chi connectivity index (χ0) is 16.1. The van der Waals surface area contributed by atoms with Gasteiger partial charge in [-0.2, -0.15) is 0 Å². The van der Waals surface area contributed by atoms with E-state index in [4.69, 9.17) is 0 Å². The van der Waals surface area contributed by atoms with Gasteiger partial charge >= 0.3 is 0 Å². The smallest absolute Gasteiger partial charge is 0.227 e. The first-order chi connectivity index (χ1) is 11.2. The van der Waals surface area contributed by atoms with Gasteiger partial charge in [0.1, 0.15) is 5.82 Å². The Labute approximate surface area is 140 Å². The number of amides is 1. The molecule has 1 fully saturated rings. The number of nitrogens with zero attached hydrogens (tertiary/aromatic N) is 2. The predicted molar refractivity (Wildman–Crippen MR) is 90.9 cm³/mol. The molecule has 1 aromatic carbocycles. The molecule has 0 aliphatic carbocycles. The summed E-state index contributed by atoms with van der Waals surface area (Å²) in [6, 6.07) is 10.9. The van der Waals surface area contributed by atoms with Crippen LogP contribution in [0, 0.1) is 5.82 Å². The van der Waals surface area contributed by atoms with Crippen molar-refractivity contribution >= 4 is 17.2 Å². The quantitative estimate of drug-likeness (QED) is 0.859. The average molecular weight is 332 g/mol. The number of halogens is 1. The molecule has 0 radical (unpaired) electrons. The first kappa shape index (κ1) is 16.1. The van der Waals surface area contributed by atoms with Crippen LogP contribution < -0.4 is 0 Å². The fourth-order valence-electron chi connectivity index (χ4n) is 2.92. The summed E-state index contributed by atoms with van der Waals surface area (Å²) in [5, 5.41) is 2.00. The summed E-state index contributed by atoms with van der Waals surface area (Å²) in [6.45, 7) is 3.82. The normalized spacial score (nSPS) is 16.3. The lowest BCUT2D eigenvalue weighted by Gasteiger charge is -2.22. The minimum absolute atomic E-state index is 0.151. The molecule has 1 aliphatic heterocycles. The predicted octanol–water partition coefficient (Wildman–Crippen LogP) is 3.16. The highest BCUT2D eigenvalue weighted by Crippen LogP contribution is 2.14. The minimum atomic E-state index is -0.151. The van der Waals surface area contributed by atoms with Gasteiger partial charge in [0, 0.05) is 43.2 Å². The van der Waals surface area contributed by atoms with Crippen LogP contribution in [0.25, 0.3) is 0 Å². The molecule has 2 heterocycles. The zero-order valence-electron chi connectivity index (χ0n) is 13.1. The molecule has 2 aromatic rings. The molecule has 1 aromatic heterocycles. The fraction of sp³-hybridized carbons (Fsp3) is 0.389. The fourth-order valence-corrected chi connectivity index (χ4v) is 3.62. The van der Waals surface area contributed by atoms with Crippen molar-refractivity contribution in [2.45, 2.75) is 19.4 Å². The van der Waals surface area contributed by atoms with Crippen LogP contribution in [0.2, 0.25) is 0 Å². The molecule has 3 rings (SSSR count). The molecule has 122 valence electrons. The lowest BCUT2D eigenvalue weighted by atomic mass is 10.2. The van der Waals surface area contributed by atoms with Crippen molar-refractivity contribution in [3.8, 4) is 0 Å². The highest BCUT2D eigenvalue weighted by molar-refractivity contribution is 7.10. The van der Waals surface area contributed by atoms with Gasteiger partial charge in [0.25, 0.3) is 0 Å². The molecular formula is C18H21FN2OS.